The number of hydrogen-bond acceptors (Lipinski definition) is 3. The molecule has 5 heteroatoms. The van der Waals surface area contributed by atoms with Crippen LogP contribution in [0.4, 0.5) is 5.69 Å². The molecule has 5 nitrogen and oxygen atoms in total. The standard InChI is InChI=1S/C18H17N3O2/c1-2-12-21-17(22)11-10-16(20-21)18(23)19-15-9-5-7-13-6-3-4-8-14(13)15/h3-11H,2,12H2,1H3,(H,19,23). The smallest absolute Gasteiger partial charge is 0.276 e. The Hall–Kier alpha value is -2.95. The Morgan fingerprint density at radius 3 is 2.70 bits per heavy atom. The van der Waals surface area contributed by atoms with E-state index in [1.54, 1.807) is 0 Å². The molecule has 0 saturated heterocycles. The Morgan fingerprint density at radius 1 is 1.09 bits per heavy atom. The monoisotopic (exact) mass is 307 g/mol. The molecule has 3 aromatic rings. The van der Waals surface area contributed by atoms with Crippen LogP contribution in [0.5, 0.6) is 0 Å². The van der Waals surface area contributed by atoms with Gasteiger partial charge in [-0.3, -0.25) is 9.59 Å². The highest BCUT2D eigenvalue weighted by Crippen LogP contribution is 2.23. The van der Waals surface area contributed by atoms with E-state index in [0.717, 1.165) is 22.9 Å². The number of hydrogen-bond donors (Lipinski definition) is 1. The number of carbonyl (C=O) groups excluding carboxylic acids is 1. The van der Waals surface area contributed by atoms with Gasteiger partial charge in [-0.15, -0.1) is 0 Å². The van der Waals surface area contributed by atoms with Gasteiger partial charge in [0.25, 0.3) is 11.5 Å². The van der Waals surface area contributed by atoms with E-state index >= 15 is 0 Å². The van der Waals surface area contributed by atoms with Crippen LogP contribution in [-0.4, -0.2) is 15.7 Å². The molecule has 0 radical (unpaired) electrons. The zero-order valence-electron chi connectivity index (χ0n) is 12.8. The summed E-state index contributed by atoms with van der Waals surface area (Å²) in [5.74, 6) is -0.328. The fourth-order valence-electron chi connectivity index (χ4n) is 2.46. The van der Waals surface area contributed by atoms with Gasteiger partial charge < -0.3 is 5.32 Å². The van der Waals surface area contributed by atoms with Crippen LogP contribution >= 0.6 is 0 Å². The lowest BCUT2D eigenvalue weighted by Gasteiger charge is -2.09. The number of nitrogens with zero attached hydrogens (tertiary/aromatic N) is 2. The van der Waals surface area contributed by atoms with E-state index in [4.69, 9.17) is 0 Å². The zero-order chi connectivity index (χ0) is 16.2. The molecule has 0 fully saturated rings. The number of anilines is 1. The normalized spacial score (nSPS) is 10.7. The average Bonchev–Trinajstić information content (AvgIpc) is 2.57. The quantitative estimate of drug-likeness (QED) is 0.805. The molecule has 0 atom stereocenters. The van der Waals surface area contributed by atoms with Gasteiger partial charge in [0.2, 0.25) is 0 Å². The highest BCUT2D eigenvalue weighted by atomic mass is 16.2. The van der Waals surface area contributed by atoms with Crippen LogP contribution in [0.25, 0.3) is 10.8 Å². The van der Waals surface area contributed by atoms with Gasteiger partial charge >= 0.3 is 0 Å². The molecule has 1 amide bonds. The average molecular weight is 307 g/mol. The molecule has 1 N–H and O–H groups in total. The summed E-state index contributed by atoms with van der Waals surface area (Å²) in [6.45, 7) is 2.45. The Morgan fingerprint density at radius 2 is 1.87 bits per heavy atom. The first kappa shape index (κ1) is 15.0. The number of rotatable bonds is 4. The third-order valence-corrected chi connectivity index (χ3v) is 3.57. The molecule has 0 saturated carbocycles. The molecule has 23 heavy (non-hydrogen) atoms. The highest BCUT2D eigenvalue weighted by Gasteiger charge is 2.11. The van der Waals surface area contributed by atoms with Crippen molar-refractivity contribution in [1.82, 2.24) is 9.78 Å². The summed E-state index contributed by atoms with van der Waals surface area (Å²) < 4.78 is 1.32. The summed E-state index contributed by atoms with van der Waals surface area (Å²) in [5.41, 5.74) is 0.752. The molecular weight excluding hydrogens is 290 g/mol. The van der Waals surface area contributed by atoms with E-state index in [0.29, 0.717) is 6.54 Å². The molecule has 1 heterocycles. The van der Waals surface area contributed by atoms with Gasteiger partial charge in [0.1, 0.15) is 5.69 Å². The van der Waals surface area contributed by atoms with Gasteiger partial charge in [-0.05, 0) is 23.9 Å². The van der Waals surface area contributed by atoms with Gasteiger partial charge in [0.15, 0.2) is 0 Å². The minimum Gasteiger partial charge on any atom is -0.320 e. The summed E-state index contributed by atoms with van der Waals surface area (Å²) in [7, 11) is 0. The second kappa shape index (κ2) is 6.44. The summed E-state index contributed by atoms with van der Waals surface area (Å²) in [4.78, 5) is 24.1. The summed E-state index contributed by atoms with van der Waals surface area (Å²) in [5, 5.41) is 9.02. The third-order valence-electron chi connectivity index (χ3n) is 3.57. The molecule has 1 aromatic heterocycles. The number of aromatic nitrogens is 2. The Kier molecular flexibility index (Phi) is 4.19. The number of fused-ring (bicyclic) bond motifs is 1. The van der Waals surface area contributed by atoms with Crippen LogP contribution in [0.15, 0.2) is 59.4 Å². The highest BCUT2D eigenvalue weighted by molar-refractivity contribution is 6.08. The van der Waals surface area contributed by atoms with Crippen molar-refractivity contribution in [2.24, 2.45) is 0 Å². The predicted molar refractivity (Wildman–Crippen MR) is 90.7 cm³/mol. The molecule has 0 aliphatic carbocycles. The van der Waals surface area contributed by atoms with E-state index in [1.807, 2.05) is 49.4 Å². The fraction of sp³-hybridized carbons (Fsp3) is 0.167. The number of nitrogens with one attached hydrogen (secondary N) is 1. The van der Waals surface area contributed by atoms with E-state index < -0.39 is 0 Å². The molecule has 0 spiro atoms. The Balaban J connectivity index is 1.92. The van der Waals surface area contributed by atoms with Crippen molar-refractivity contribution in [2.75, 3.05) is 5.32 Å². The lowest BCUT2D eigenvalue weighted by Crippen LogP contribution is -2.26. The van der Waals surface area contributed by atoms with Crippen molar-refractivity contribution in [3.8, 4) is 0 Å². The Labute approximate surface area is 133 Å². The van der Waals surface area contributed by atoms with Crippen LogP contribution in [0.1, 0.15) is 23.8 Å². The van der Waals surface area contributed by atoms with Crippen LogP contribution in [0.3, 0.4) is 0 Å². The van der Waals surface area contributed by atoms with Gasteiger partial charge in [-0.2, -0.15) is 5.10 Å². The van der Waals surface area contributed by atoms with E-state index in [9.17, 15) is 9.59 Å². The van der Waals surface area contributed by atoms with Crippen LogP contribution < -0.4 is 10.9 Å². The largest absolute Gasteiger partial charge is 0.320 e. The molecule has 3 rings (SSSR count). The summed E-state index contributed by atoms with van der Waals surface area (Å²) in [6.07, 6.45) is 0.779. The minimum absolute atomic E-state index is 0.200. The van der Waals surface area contributed by atoms with Crippen molar-refractivity contribution in [3.63, 3.8) is 0 Å². The van der Waals surface area contributed by atoms with Crippen molar-refractivity contribution >= 4 is 22.4 Å². The topological polar surface area (TPSA) is 64.0 Å². The number of amides is 1. The summed E-state index contributed by atoms with van der Waals surface area (Å²) in [6, 6.07) is 16.4. The maximum atomic E-state index is 12.4. The number of benzene rings is 2. The number of carbonyl (C=O) groups is 1. The van der Waals surface area contributed by atoms with Crippen molar-refractivity contribution in [3.05, 3.63) is 70.6 Å². The molecule has 2 aromatic carbocycles. The molecule has 0 aliphatic rings. The van der Waals surface area contributed by atoms with E-state index in [2.05, 4.69) is 10.4 Å². The van der Waals surface area contributed by atoms with Gasteiger partial charge in [0, 0.05) is 23.7 Å². The van der Waals surface area contributed by atoms with Crippen molar-refractivity contribution < 1.29 is 4.79 Å². The van der Waals surface area contributed by atoms with E-state index in [-0.39, 0.29) is 17.2 Å². The molecular formula is C18H17N3O2. The predicted octanol–water partition coefficient (Wildman–Crippen LogP) is 3.06. The van der Waals surface area contributed by atoms with Gasteiger partial charge in [-0.25, -0.2) is 4.68 Å². The fourth-order valence-corrected chi connectivity index (χ4v) is 2.46. The van der Waals surface area contributed by atoms with Gasteiger partial charge in [-0.1, -0.05) is 43.3 Å². The molecule has 116 valence electrons. The van der Waals surface area contributed by atoms with Crippen LogP contribution in [0, 0.1) is 0 Å². The minimum atomic E-state index is -0.328. The van der Waals surface area contributed by atoms with Crippen LogP contribution in [-0.2, 0) is 6.54 Å². The second-order valence-corrected chi connectivity index (χ2v) is 5.26. The number of aryl methyl sites for hydroxylation is 1. The lowest BCUT2D eigenvalue weighted by atomic mass is 10.1. The Bertz CT molecular complexity index is 910. The third kappa shape index (κ3) is 3.13. The maximum absolute atomic E-state index is 12.4. The first-order chi connectivity index (χ1) is 11.2. The maximum Gasteiger partial charge on any atom is 0.276 e. The first-order valence-electron chi connectivity index (χ1n) is 7.56. The molecule has 0 bridgehead atoms. The van der Waals surface area contributed by atoms with Gasteiger partial charge in [0.05, 0.1) is 0 Å². The van der Waals surface area contributed by atoms with E-state index in [1.165, 1.54) is 16.8 Å². The second-order valence-electron chi connectivity index (χ2n) is 5.26. The van der Waals surface area contributed by atoms with Crippen molar-refractivity contribution in [1.29, 1.82) is 0 Å². The molecule has 0 aliphatic heterocycles. The SMILES string of the molecule is CCCn1nc(C(=O)Nc2cccc3ccccc23)ccc1=O. The first-order valence-corrected chi connectivity index (χ1v) is 7.56. The zero-order valence-corrected chi connectivity index (χ0v) is 12.8. The van der Waals surface area contributed by atoms with Crippen LogP contribution in [0.2, 0.25) is 0 Å². The molecule has 0 unspecified atom stereocenters. The lowest BCUT2D eigenvalue weighted by molar-refractivity contribution is 0.102. The van der Waals surface area contributed by atoms with Crippen molar-refractivity contribution in [2.45, 2.75) is 19.9 Å². The summed E-state index contributed by atoms with van der Waals surface area (Å²) >= 11 is 0.